The molecule has 33 heavy (non-hydrogen) atoms. The molecule has 176 valence electrons. The molecule has 2 aromatic rings. The van der Waals surface area contributed by atoms with Crippen LogP contribution in [0, 0.1) is 10.1 Å². The monoisotopic (exact) mass is 473 g/mol. The van der Waals surface area contributed by atoms with Crippen LogP contribution in [0.3, 0.4) is 0 Å². The number of hydrogen-bond acceptors (Lipinski definition) is 8. The maximum absolute atomic E-state index is 13.0. The van der Waals surface area contributed by atoms with Gasteiger partial charge in [0.15, 0.2) is 0 Å². The van der Waals surface area contributed by atoms with Crippen molar-refractivity contribution in [1.29, 1.82) is 0 Å². The summed E-state index contributed by atoms with van der Waals surface area (Å²) in [5, 5.41) is 16.9. The summed E-state index contributed by atoms with van der Waals surface area (Å²) in [7, 11) is 0. The number of nitrogens with two attached hydrogens (primary N) is 2. The topological polar surface area (TPSA) is 163 Å². The first kappa shape index (κ1) is 24.5. The standard InChI is InChI=1S/C22H27N5O5S/c23-14(12-33)11-25-18-8-9-32-20-16(18)2-1-3-17(20)22(29)26-19(21(24)28)10-13-4-6-15(7-5-13)27(30)31/h1-7,14,18-19,25,33H,8-12,23H2,(H2,24,28)(H,26,29). The molecule has 10 nitrogen and oxygen atoms in total. The van der Waals surface area contributed by atoms with Gasteiger partial charge in [-0.25, -0.2) is 0 Å². The van der Waals surface area contributed by atoms with Gasteiger partial charge in [-0.05, 0) is 11.6 Å². The van der Waals surface area contributed by atoms with Crippen molar-refractivity contribution in [1.82, 2.24) is 10.6 Å². The second-order valence-corrected chi connectivity index (χ2v) is 8.19. The molecule has 2 aromatic carbocycles. The van der Waals surface area contributed by atoms with Crippen LogP contribution in [0.2, 0.25) is 0 Å². The summed E-state index contributed by atoms with van der Waals surface area (Å²) >= 11 is 4.20. The molecule has 1 aliphatic rings. The van der Waals surface area contributed by atoms with Crippen molar-refractivity contribution in [2.45, 2.75) is 31.0 Å². The largest absolute Gasteiger partial charge is 0.492 e. The number of carbonyl (C=O) groups is 2. The number of nitro benzene ring substituents is 1. The Hall–Kier alpha value is -3.15. The van der Waals surface area contributed by atoms with E-state index in [1.54, 1.807) is 12.1 Å². The minimum absolute atomic E-state index is 0.0283. The highest BCUT2D eigenvalue weighted by atomic mass is 32.1. The lowest BCUT2D eigenvalue weighted by atomic mass is 9.96. The van der Waals surface area contributed by atoms with E-state index in [1.165, 1.54) is 24.3 Å². The molecule has 1 heterocycles. The van der Waals surface area contributed by atoms with E-state index in [2.05, 4.69) is 23.3 Å². The van der Waals surface area contributed by atoms with Crippen LogP contribution in [0.5, 0.6) is 5.75 Å². The number of hydrogen-bond donors (Lipinski definition) is 5. The zero-order chi connectivity index (χ0) is 24.0. The average molecular weight is 474 g/mol. The van der Waals surface area contributed by atoms with Crippen molar-refractivity contribution < 1.29 is 19.2 Å². The quantitative estimate of drug-likeness (QED) is 0.196. The number of fused-ring (bicyclic) bond motifs is 1. The molecule has 0 saturated heterocycles. The molecule has 0 radical (unpaired) electrons. The predicted molar refractivity (Wildman–Crippen MR) is 126 cm³/mol. The lowest BCUT2D eigenvalue weighted by molar-refractivity contribution is -0.384. The maximum atomic E-state index is 13.0. The first-order valence-electron chi connectivity index (χ1n) is 10.5. The van der Waals surface area contributed by atoms with Crippen molar-refractivity contribution in [3.05, 3.63) is 69.3 Å². The van der Waals surface area contributed by atoms with E-state index in [0.29, 0.717) is 35.8 Å². The van der Waals surface area contributed by atoms with Gasteiger partial charge in [0.2, 0.25) is 5.91 Å². The van der Waals surface area contributed by atoms with E-state index in [4.69, 9.17) is 16.2 Å². The summed E-state index contributed by atoms with van der Waals surface area (Å²) in [6.07, 6.45) is 0.822. The van der Waals surface area contributed by atoms with E-state index < -0.39 is 22.8 Å². The van der Waals surface area contributed by atoms with Crippen molar-refractivity contribution in [3.8, 4) is 5.75 Å². The minimum atomic E-state index is -0.999. The smallest absolute Gasteiger partial charge is 0.269 e. The number of thiol groups is 1. The molecule has 1 aliphatic heterocycles. The molecule has 6 N–H and O–H groups in total. The highest BCUT2D eigenvalue weighted by molar-refractivity contribution is 7.80. The maximum Gasteiger partial charge on any atom is 0.269 e. The summed E-state index contributed by atoms with van der Waals surface area (Å²) in [6.45, 7) is 0.996. The highest BCUT2D eigenvalue weighted by Gasteiger charge is 2.28. The van der Waals surface area contributed by atoms with Crippen LogP contribution in [0.15, 0.2) is 42.5 Å². The molecule has 2 amide bonds. The highest BCUT2D eigenvalue weighted by Crippen LogP contribution is 2.35. The Balaban J connectivity index is 1.75. The van der Waals surface area contributed by atoms with Crippen LogP contribution in [-0.2, 0) is 11.2 Å². The van der Waals surface area contributed by atoms with Crippen molar-refractivity contribution in [2.75, 3.05) is 18.9 Å². The Labute approximate surface area is 196 Å². The Morgan fingerprint density at radius 3 is 2.61 bits per heavy atom. The number of nitrogens with one attached hydrogen (secondary N) is 2. The molecule has 0 aliphatic carbocycles. The van der Waals surface area contributed by atoms with Crippen LogP contribution < -0.4 is 26.8 Å². The Morgan fingerprint density at radius 2 is 1.97 bits per heavy atom. The fourth-order valence-corrected chi connectivity index (χ4v) is 3.75. The number of rotatable bonds is 10. The van der Waals surface area contributed by atoms with E-state index in [-0.39, 0.29) is 24.2 Å². The number of nitro groups is 1. The molecular weight excluding hydrogens is 446 g/mol. The van der Waals surface area contributed by atoms with Crippen LogP contribution >= 0.6 is 12.6 Å². The van der Waals surface area contributed by atoms with Crippen LogP contribution in [0.4, 0.5) is 5.69 Å². The fourth-order valence-electron chi connectivity index (χ4n) is 3.62. The number of amides is 2. The van der Waals surface area contributed by atoms with Crippen LogP contribution in [-0.4, -0.2) is 47.7 Å². The molecule has 3 unspecified atom stereocenters. The molecular formula is C22H27N5O5S. The zero-order valence-corrected chi connectivity index (χ0v) is 18.8. The average Bonchev–Trinajstić information content (AvgIpc) is 2.81. The molecule has 0 spiro atoms. The number of para-hydroxylation sites is 1. The minimum Gasteiger partial charge on any atom is -0.492 e. The van der Waals surface area contributed by atoms with Gasteiger partial charge in [0.1, 0.15) is 11.8 Å². The molecule has 11 heteroatoms. The summed E-state index contributed by atoms with van der Waals surface area (Å²) in [4.78, 5) is 35.4. The Bertz CT molecular complexity index is 1020. The van der Waals surface area contributed by atoms with Gasteiger partial charge >= 0.3 is 0 Å². The van der Waals surface area contributed by atoms with Crippen LogP contribution in [0.25, 0.3) is 0 Å². The number of non-ortho nitro benzene ring substituents is 1. The number of ether oxygens (including phenoxy) is 1. The van der Waals surface area contributed by atoms with Gasteiger partial charge in [0.25, 0.3) is 11.6 Å². The molecule has 0 bridgehead atoms. The van der Waals surface area contributed by atoms with Gasteiger partial charge in [-0.2, -0.15) is 12.6 Å². The lowest BCUT2D eigenvalue weighted by Crippen LogP contribution is -2.46. The SMILES string of the molecule is NC(=O)C(Cc1ccc([N+](=O)[O-])cc1)NC(=O)c1cccc2c1OCCC2NCC(N)CS. The third-order valence-electron chi connectivity index (χ3n) is 5.42. The fraction of sp³-hybridized carbons (Fsp3) is 0.364. The second-order valence-electron chi connectivity index (χ2n) is 7.82. The first-order valence-corrected chi connectivity index (χ1v) is 11.1. The van der Waals surface area contributed by atoms with Crippen molar-refractivity contribution >= 4 is 30.1 Å². The van der Waals surface area contributed by atoms with E-state index in [1.807, 2.05) is 6.07 Å². The summed E-state index contributed by atoms with van der Waals surface area (Å²) in [5.41, 5.74) is 13.2. The van der Waals surface area contributed by atoms with Gasteiger partial charge in [-0.1, -0.05) is 24.3 Å². The number of nitrogens with zero attached hydrogens (tertiary/aromatic N) is 1. The third kappa shape index (κ3) is 6.21. The summed E-state index contributed by atoms with van der Waals surface area (Å²) in [5.74, 6) is -0.204. The van der Waals surface area contributed by atoms with Gasteiger partial charge in [0, 0.05) is 54.9 Å². The number of primary amides is 1. The molecule has 3 atom stereocenters. The second kappa shape index (κ2) is 11.1. The normalized spacial score (nSPS) is 16.7. The van der Waals surface area contributed by atoms with E-state index in [9.17, 15) is 19.7 Å². The molecule has 3 rings (SSSR count). The predicted octanol–water partition coefficient (Wildman–Crippen LogP) is 1.09. The third-order valence-corrected chi connectivity index (χ3v) is 5.88. The van der Waals surface area contributed by atoms with E-state index >= 15 is 0 Å². The van der Waals surface area contributed by atoms with Gasteiger partial charge in [-0.15, -0.1) is 0 Å². The molecule has 0 saturated carbocycles. The Kier molecular flexibility index (Phi) is 8.26. The van der Waals surface area contributed by atoms with Crippen LogP contribution in [0.1, 0.15) is 33.9 Å². The number of carbonyl (C=O) groups excluding carboxylic acids is 2. The lowest BCUT2D eigenvalue weighted by Gasteiger charge is -2.29. The van der Waals surface area contributed by atoms with Gasteiger partial charge in [0.05, 0.1) is 17.1 Å². The van der Waals surface area contributed by atoms with Gasteiger partial charge < -0.3 is 26.8 Å². The van der Waals surface area contributed by atoms with Crippen molar-refractivity contribution in [2.24, 2.45) is 11.5 Å². The van der Waals surface area contributed by atoms with E-state index in [0.717, 1.165) is 12.0 Å². The molecule has 0 fully saturated rings. The summed E-state index contributed by atoms with van der Waals surface area (Å²) < 4.78 is 5.81. The zero-order valence-electron chi connectivity index (χ0n) is 17.9. The Morgan fingerprint density at radius 1 is 1.24 bits per heavy atom. The number of benzene rings is 2. The summed E-state index contributed by atoms with van der Waals surface area (Å²) in [6, 6.07) is 9.87. The first-order chi connectivity index (χ1) is 15.8. The van der Waals surface area contributed by atoms with Crippen molar-refractivity contribution in [3.63, 3.8) is 0 Å². The molecule has 0 aromatic heterocycles. The van der Waals surface area contributed by atoms with Gasteiger partial charge in [-0.3, -0.25) is 19.7 Å².